The molecule has 1 N–H and O–H groups in total. The molecule has 2 unspecified atom stereocenters. The van der Waals surface area contributed by atoms with Crippen molar-refractivity contribution in [1.29, 1.82) is 0 Å². The highest BCUT2D eigenvalue weighted by atomic mass is 16.5. The van der Waals surface area contributed by atoms with E-state index in [0.717, 1.165) is 12.3 Å². The first-order valence-electron chi connectivity index (χ1n) is 5.72. The van der Waals surface area contributed by atoms with Crippen molar-refractivity contribution in [2.45, 2.75) is 58.6 Å². The fourth-order valence-corrected chi connectivity index (χ4v) is 1.79. The van der Waals surface area contributed by atoms with Gasteiger partial charge in [0.2, 0.25) is 0 Å². The van der Waals surface area contributed by atoms with Crippen molar-refractivity contribution in [2.24, 2.45) is 5.92 Å². The second-order valence-electron chi connectivity index (χ2n) is 4.68. The Hall–Kier alpha value is -0.0800. The van der Waals surface area contributed by atoms with E-state index in [0.29, 0.717) is 6.04 Å². The molecule has 14 heavy (non-hydrogen) atoms. The zero-order valence-corrected chi connectivity index (χ0v) is 10.7. The third-order valence-corrected chi connectivity index (χ3v) is 3.29. The van der Waals surface area contributed by atoms with Crippen molar-refractivity contribution in [3.63, 3.8) is 0 Å². The number of methoxy groups -OCH3 is 1. The highest BCUT2D eigenvalue weighted by Crippen LogP contribution is 2.23. The Morgan fingerprint density at radius 3 is 2.14 bits per heavy atom. The van der Waals surface area contributed by atoms with Gasteiger partial charge in [-0.15, -0.1) is 0 Å². The zero-order valence-electron chi connectivity index (χ0n) is 10.7. The van der Waals surface area contributed by atoms with E-state index in [1.54, 1.807) is 0 Å². The second kappa shape index (κ2) is 6.41. The van der Waals surface area contributed by atoms with Crippen LogP contribution in [0.3, 0.4) is 0 Å². The molecule has 0 aliphatic carbocycles. The molecule has 2 heteroatoms. The van der Waals surface area contributed by atoms with Crippen LogP contribution in [0.15, 0.2) is 0 Å². The molecule has 86 valence electrons. The van der Waals surface area contributed by atoms with Gasteiger partial charge in [-0.25, -0.2) is 0 Å². The van der Waals surface area contributed by atoms with Crippen molar-refractivity contribution in [1.82, 2.24) is 5.32 Å². The molecule has 0 aromatic carbocycles. The zero-order chi connectivity index (χ0) is 11.2. The number of likely N-dealkylation sites (N-methyl/N-ethyl adjacent to an activating group) is 1. The Morgan fingerprint density at radius 1 is 1.29 bits per heavy atom. The standard InChI is InChI=1S/C12H27NO/c1-7-12(4,14-6)11(13-5)9-8-10(2)3/h10-11,13H,7-9H2,1-6H3. The van der Waals surface area contributed by atoms with E-state index >= 15 is 0 Å². The van der Waals surface area contributed by atoms with Crippen LogP contribution in [0.1, 0.15) is 47.0 Å². The van der Waals surface area contributed by atoms with Crippen LogP contribution in [0, 0.1) is 5.92 Å². The maximum absolute atomic E-state index is 5.61. The fraction of sp³-hybridized carbons (Fsp3) is 1.00. The van der Waals surface area contributed by atoms with E-state index in [-0.39, 0.29) is 5.60 Å². The van der Waals surface area contributed by atoms with Gasteiger partial charge in [0, 0.05) is 13.2 Å². The van der Waals surface area contributed by atoms with Gasteiger partial charge in [-0.3, -0.25) is 0 Å². The van der Waals surface area contributed by atoms with Gasteiger partial charge in [0.25, 0.3) is 0 Å². The molecule has 0 aliphatic rings. The van der Waals surface area contributed by atoms with Crippen LogP contribution in [0.5, 0.6) is 0 Å². The van der Waals surface area contributed by atoms with Gasteiger partial charge >= 0.3 is 0 Å². The average Bonchev–Trinajstić information content (AvgIpc) is 2.17. The molecule has 0 rings (SSSR count). The molecule has 0 saturated heterocycles. The van der Waals surface area contributed by atoms with Crippen molar-refractivity contribution >= 4 is 0 Å². The predicted molar refractivity (Wildman–Crippen MR) is 62.6 cm³/mol. The van der Waals surface area contributed by atoms with Gasteiger partial charge in [-0.1, -0.05) is 20.8 Å². The quantitative estimate of drug-likeness (QED) is 0.684. The minimum Gasteiger partial charge on any atom is -0.377 e. The topological polar surface area (TPSA) is 21.3 Å². The third-order valence-electron chi connectivity index (χ3n) is 3.29. The Bertz CT molecular complexity index is 141. The Morgan fingerprint density at radius 2 is 1.86 bits per heavy atom. The van der Waals surface area contributed by atoms with Gasteiger partial charge in [0.1, 0.15) is 0 Å². The van der Waals surface area contributed by atoms with Gasteiger partial charge < -0.3 is 10.1 Å². The van der Waals surface area contributed by atoms with Gasteiger partial charge in [-0.05, 0) is 39.2 Å². The molecule has 0 aliphatic heterocycles. The van der Waals surface area contributed by atoms with Crippen LogP contribution in [-0.2, 0) is 4.74 Å². The fourth-order valence-electron chi connectivity index (χ4n) is 1.79. The molecular formula is C12H27NO. The molecule has 0 saturated carbocycles. The summed E-state index contributed by atoms with van der Waals surface area (Å²) in [5.41, 5.74) is -0.0242. The summed E-state index contributed by atoms with van der Waals surface area (Å²) in [5, 5.41) is 3.37. The van der Waals surface area contributed by atoms with Crippen molar-refractivity contribution in [3.8, 4) is 0 Å². The molecule has 0 heterocycles. The highest BCUT2D eigenvalue weighted by molar-refractivity contribution is 4.87. The van der Waals surface area contributed by atoms with Crippen LogP contribution in [0.2, 0.25) is 0 Å². The highest BCUT2D eigenvalue weighted by Gasteiger charge is 2.30. The van der Waals surface area contributed by atoms with Gasteiger partial charge in [0.15, 0.2) is 0 Å². The maximum atomic E-state index is 5.61. The summed E-state index contributed by atoms with van der Waals surface area (Å²) in [7, 11) is 3.83. The lowest BCUT2D eigenvalue weighted by Gasteiger charge is -2.36. The van der Waals surface area contributed by atoms with E-state index in [9.17, 15) is 0 Å². The summed E-state index contributed by atoms with van der Waals surface area (Å²) in [6.45, 7) is 8.91. The molecule has 0 fully saturated rings. The summed E-state index contributed by atoms with van der Waals surface area (Å²) in [5.74, 6) is 0.767. The largest absolute Gasteiger partial charge is 0.377 e. The average molecular weight is 201 g/mol. The smallest absolute Gasteiger partial charge is 0.0800 e. The predicted octanol–water partition coefficient (Wildman–Crippen LogP) is 2.83. The number of rotatable bonds is 7. The molecule has 0 radical (unpaired) electrons. The lowest BCUT2D eigenvalue weighted by atomic mass is 9.88. The molecule has 2 atom stereocenters. The molecule has 0 amide bonds. The lowest BCUT2D eigenvalue weighted by Crippen LogP contribution is -2.48. The SMILES string of the molecule is CCC(C)(OC)C(CCC(C)C)NC. The number of hydrogen-bond donors (Lipinski definition) is 1. The minimum atomic E-state index is -0.0242. The van der Waals surface area contributed by atoms with Crippen LogP contribution in [0.4, 0.5) is 0 Å². The lowest BCUT2D eigenvalue weighted by molar-refractivity contribution is -0.0302. The first-order valence-corrected chi connectivity index (χ1v) is 5.72. The van der Waals surface area contributed by atoms with E-state index in [4.69, 9.17) is 4.74 Å². The molecule has 2 nitrogen and oxygen atoms in total. The molecule has 0 bridgehead atoms. The molecule has 0 aromatic rings. The Balaban J connectivity index is 4.22. The van der Waals surface area contributed by atoms with E-state index in [1.165, 1.54) is 12.8 Å². The van der Waals surface area contributed by atoms with Crippen molar-refractivity contribution in [2.75, 3.05) is 14.2 Å². The van der Waals surface area contributed by atoms with Gasteiger partial charge in [-0.2, -0.15) is 0 Å². The minimum absolute atomic E-state index is 0.0242. The number of ether oxygens (including phenoxy) is 1. The summed E-state index contributed by atoms with van der Waals surface area (Å²) >= 11 is 0. The normalized spacial score (nSPS) is 18.2. The van der Waals surface area contributed by atoms with Crippen LogP contribution >= 0.6 is 0 Å². The molecular weight excluding hydrogens is 174 g/mol. The van der Waals surface area contributed by atoms with Crippen molar-refractivity contribution < 1.29 is 4.74 Å². The van der Waals surface area contributed by atoms with Crippen molar-refractivity contribution in [3.05, 3.63) is 0 Å². The summed E-state index contributed by atoms with van der Waals surface area (Å²) in [4.78, 5) is 0. The van der Waals surface area contributed by atoms with Crippen LogP contribution < -0.4 is 5.32 Å². The van der Waals surface area contributed by atoms with E-state index < -0.39 is 0 Å². The molecule has 0 spiro atoms. The first-order chi connectivity index (χ1) is 6.50. The van der Waals surface area contributed by atoms with E-state index in [1.807, 2.05) is 14.2 Å². The van der Waals surface area contributed by atoms with Gasteiger partial charge in [0.05, 0.1) is 5.60 Å². The second-order valence-corrected chi connectivity index (χ2v) is 4.68. The first kappa shape index (κ1) is 13.9. The van der Waals surface area contributed by atoms with Crippen LogP contribution in [0.25, 0.3) is 0 Å². The monoisotopic (exact) mass is 201 g/mol. The van der Waals surface area contributed by atoms with E-state index in [2.05, 4.69) is 33.0 Å². The molecule has 0 aromatic heterocycles. The Kier molecular flexibility index (Phi) is 6.38. The van der Waals surface area contributed by atoms with Crippen LogP contribution in [-0.4, -0.2) is 25.8 Å². The number of hydrogen-bond acceptors (Lipinski definition) is 2. The Labute approximate surface area is 89.4 Å². The number of nitrogens with one attached hydrogen (secondary N) is 1. The maximum Gasteiger partial charge on any atom is 0.0800 e. The summed E-state index contributed by atoms with van der Waals surface area (Å²) < 4.78 is 5.61. The summed E-state index contributed by atoms with van der Waals surface area (Å²) in [6, 6.07) is 0.458. The third kappa shape index (κ3) is 3.97. The summed E-state index contributed by atoms with van der Waals surface area (Å²) in [6.07, 6.45) is 3.49.